The van der Waals surface area contributed by atoms with Gasteiger partial charge in [-0.25, -0.2) is 13.2 Å². The molecule has 4 heteroatoms. The van der Waals surface area contributed by atoms with Crippen LogP contribution in [0.15, 0.2) is 12.1 Å². The largest absolute Gasteiger partial charge is 0.378 e. The van der Waals surface area contributed by atoms with Crippen molar-refractivity contribution in [3.05, 3.63) is 29.6 Å². The van der Waals surface area contributed by atoms with E-state index in [-0.39, 0.29) is 11.7 Å². The highest BCUT2D eigenvalue weighted by Crippen LogP contribution is 2.31. The molecule has 0 unspecified atom stereocenters. The van der Waals surface area contributed by atoms with Crippen LogP contribution in [0.3, 0.4) is 0 Å². The minimum atomic E-state index is -0.882. The second-order valence-corrected chi connectivity index (χ2v) is 5.40. The number of halogens is 3. The van der Waals surface area contributed by atoms with Gasteiger partial charge in [0.25, 0.3) is 0 Å². The molecule has 1 aliphatic carbocycles. The van der Waals surface area contributed by atoms with Crippen LogP contribution in [0, 0.1) is 23.4 Å². The summed E-state index contributed by atoms with van der Waals surface area (Å²) in [5, 5.41) is 2.89. The number of anilines is 1. The monoisotopic (exact) mass is 271 g/mol. The molecule has 0 radical (unpaired) electrons. The van der Waals surface area contributed by atoms with Crippen molar-refractivity contribution in [2.75, 3.05) is 5.32 Å². The predicted octanol–water partition coefficient (Wildman–Crippen LogP) is 4.87. The fourth-order valence-electron chi connectivity index (χ4n) is 2.89. The van der Waals surface area contributed by atoms with Gasteiger partial charge < -0.3 is 5.32 Å². The van der Waals surface area contributed by atoms with Crippen LogP contribution in [0.25, 0.3) is 0 Å². The molecule has 19 heavy (non-hydrogen) atoms. The van der Waals surface area contributed by atoms with E-state index in [2.05, 4.69) is 12.2 Å². The third-order valence-corrected chi connectivity index (χ3v) is 3.90. The normalized spacial score (nSPS) is 23.4. The Bertz CT molecular complexity index is 402. The minimum absolute atomic E-state index is 0.0857. The quantitative estimate of drug-likeness (QED) is 0.823. The summed E-state index contributed by atoms with van der Waals surface area (Å²) in [5.74, 6) is -1.85. The van der Waals surface area contributed by atoms with Crippen molar-refractivity contribution in [1.29, 1.82) is 0 Å². The van der Waals surface area contributed by atoms with Gasteiger partial charge in [0, 0.05) is 18.2 Å². The maximum Gasteiger partial charge on any atom is 0.152 e. The molecule has 2 rings (SSSR count). The van der Waals surface area contributed by atoms with Crippen LogP contribution in [0.5, 0.6) is 0 Å². The SMILES string of the molecule is CCCC1CCC(Nc2c(F)cc(F)cc2F)CC1. The number of benzene rings is 1. The molecule has 1 aliphatic rings. The summed E-state index contributed by atoms with van der Waals surface area (Å²) in [6, 6.07) is 1.52. The van der Waals surface area contributed by atoms with E-state index in [0.717, 1.165) is 31.6 Å². The van der Waals surface area contributed by atoms with E-state index in [9.17, 15) is 13.2 Å². The lowest BCUT2D eigenvalue weighted by atomic mass is 9.83. The Morgan fingerprint density at radius 3 is 2.16 bits per heavy atom. The van der Waals surface area contributed by atoms with Crippen molar-refractivity contribution in [2.45, 2.75) is 51.5 Å². The third-order valence-electron chi connectivity index (χ3n) is 3.90. The molecule has 1 fully saturated rings. The highest BCUT2D eigenvalue weighted by atomic mass is 19.1. The van der Waals surface area contributed by atoms with E-state index in [4.69, 9.17) is 0 Å². The molecule has 1 saturated carbocycles. The first-order valence-corrected chi connectivity index (χ1v) is 7.01. The van der Waals surface area contributed by atoms with Crippen LogP contribution < -0.4 is 5.32 Å². The number of rotatable bonds is 4. The van der Waals surface area contributed by atoms with Crippen molar-refractivity contribution in [3.63, 3.8) is 0 Å². The number of hydrogen-bond acceptors (Lipinski definition) is 1. The molecule has 0 bridgehead atoms. The molecule has 1 aromatic carbocycles. The van der Waals surface area contributed by atoms with Crippen LogP contribution in [0.2, 0.25) is 0 Å². The van der Waals surface area contributed by atoms with Crippen LogP contribution in [0.4, 0.5) is 18.9 Å². The van der Waals surface area contributed by atoms with Crippen LogP contribution in [-0.4, -0.2) is 6.04 Å². The second-order valence-electron chi connectivity index (χ2n) is 5.40. The summed E-state index contributed by atoms with van der Waals surface area (Å²) >= 11 is 0. The molecular formula is C15H20F3N. The number of hydrogen-bond donors (Lipinski definition) is 1. The smallest absolute Gasteiger partial charge is 0.152 e. The van der Waals surface area contributed by atoms with Gasteiger partial charge >= 0.3 is 0 Å². The lowest BCUT2D eigenvalue weighted by molar-refractivity contribution is 0.318. The lowest BCUT2D eigenvalue weighted by Gasteiger charge is -2.29. The first-order valence-electron chi connectivity index (χ1n) is 7.01. The van der Waals surface area contributed by atoms with E-state index in [0.29, 0.717) is 12.1 Å². The highest BCUT2D eigenvalue weighted by Gasteiger charge is 2.22. The molecule has 0 amide bonds. The average Bonchev–Trinajstić information content (AvgIpc) is 2.36. The van der Waals surface area contributed by atoms with Crippen LogP contribution in [-0.2, 0) is 0 Å². The Labute approximate surface area is 112 Å². The summed E-state index contributed by atoms with van der Waals surface area (Å²) < 4.78 is 39.9. The predicted molar refractivity (Wildman–Crippen MR) is 70.6 cm³/mol. The molecule has 0 aromatic heterocycles. The summed E-state index contributed by atoms with van der Waals surface area (Å²) in [6.07, 6.45) is 6.43. The Morgan fingerprint density at radius 2 is 1.63 bits per heavy atom. The summed E-state index contributed by atoms with van der Waals surface area (Å²) in [4.78, 5) is 0. The molecule has 0 heterocycles. The molecule has 106 valence electrons. The Balaban J connectivity index is 1.96. The summed E-state index contributed by atoms with van der Waals surface area (Å²) in [7, 11) is 0. The van der Waals surface area contributed by atoms with Gasteiger partial charge in [0.05, 0.1) is 0 Å². The second kappa shape index (κ2) is 6.31. The first kappa shape index (κ1) is 14.2. The summed E-state index contributed by atoms with van der Waals surface area (Å²) in [5.41, 5.74) is -0.194. The molecule has 0 saturated heterocycles. The van der Waals surface area contributed by atoms with Crippen LogP contribution >= 0.6 is 0 Å². The Hall–Kier alpha value is -1.19. The third kappa shape index (κ3) is 3.64. The van der Waals surface area contributed by atoms with Crippen molar-refractivity contribution in [2.24, 2.45) is 5.92 Å². The zero-order chi connectivity index (χ0) is 13.8. The van der Waals surface area contributed by atoms with Crippen molar-refractivity contribution in [3.8, 4) is 0 Å². The fraction of sp³-hybridized carbons (Fsp3) is 0.600. The molecule has 1 nitrogen and oxygen atoms in total. The Kier molecular flexibility index (Phi) is 4.72. The van der Waals surface area contributed by atoms with E-state index in [1.54, 1.807) is 0 Å². The molecule has 1 N–H and O–H groups in total. The van der Waals surface area contributed by atoms with Gasteiger partial charge in [0.2, 0.25) is 0 Å². The van der Waals surface area contributed by atoms with E-state index < -0.39 is 17.5 Å². The van der Waals surface area contributed by atoms with Gasteiger partial charge in [-0.2, -0.15) is 0 Å². The number of nitrogens with one attached hydrogen (secondary N) is 1. The van der Waals surface area contributed by atoms with Crippen molar-refractivity contribution >= 4 is 5.69 Å². The maximum atomic E-state index is 13.5. The molecule has 0 atom stereocenters. The first-order chi connectivity index (χ1) is 9.10. The maximum absolute atomic E-state index is 13.5. The lowest BCUT2D eigenvalue weighted by Crippen LogP contribution is -2.27. The van der Waals surface area contributed by atoms with Gasteiger partial charge in [0.15, 0.2) is 11.6 Å². The molecule has 0 spiro atoms. The van der Waals surface area contributed by atoms with Gasteiger partial charge in [-0.15, -0.1) is 0 Å². The van der Waals surface area contributed by atoms with Gasteiger partial charge in [-0.1, -0.05) is 19.8 Å². The Morgan fingerprint density at radius 1 is 1.05 bits per heavy atom. The molecular weight excluding hydrogens is 251 g/mol. The van der Waals surface area contributed by atoms with Gasteiger partial charge in [-0.05, 0) is 31.6 Å². The van der Waals surface area contributed by atoms with E-state index >= 15 is 0 Å². The highest BCUT2D eigenvalue weighted by molar-refractivity contribution is 5.47. The van der Waals surface area contributed by atoms with Crippen molar-refractivity contribution < 1.29 is 13.2 Å². The fourth-order valence-corrected chi connectivity index (χ4v) is 2.89. The average molecular weight is 271 g/mol. The van der Waals surface area contributed by atoms with Crippen LogP contribution in [0.1, 0.15) is 45.4 Å². The zero-order valence-corrected chi connectivity index (χ0v) is 11.2. The topological polar surface area (TPSA) is 12.0 Å². The summed E-state index contributed by atoms with van der Waals surface area (Å²) in [6.45, 7) is 2.17. The van der Waals surface area contributed by atoms with Gasteiger partial charge in [-0.3, -0.25) is 0 Å². The van der Waals surface area contributed by atoms with E-state index in [1.807, 2.05) is 0 Å². The van der Waals surface area contributed by atoms with Gasteiger partial charge in [0.1, 0.15) is 11.5 Å². The zero-order valence-electron chi connectivity index (χ0n) is 11.2. The van der Waals surface area contributed by atoms with E-state index in [1.165, 1.54) is 12.8 Å². The van der Waals surface area contributed by atoms with Crippen molar-refractivity contribution in [1.82, 2.24) is 0 Å². The standard InChI is InChI=1S/C15H20F3N/c1-2-3-10-4-6-12(7-5-10)19-15-13(17)8-11(16)9-14(15)18/h8-10,12,19H,2-7H2,1H3. The molecule has 0 aliphatic heterocycles. The minimum Gasteiger partial charge on any atom is -0.378 e. The molecule has 1 aromatic rings.